The zero-order valence-corrected chi connectivity index (χ0v) is 17.8. The third-order valence-corrected chi connectivity index (χ3v) is 7.00. The van der Waals surface area contributed by atoms with E-state index < -0.39 is 10.7 Å². The molecule has 10 heteroatoms. The van der Waals surface area contributed by atoms with Gasteiger partial charge >= 0.3 is 5.76 Å². The number of nitrogens with zero attached hydrogens (tertiary/aromatic N) is 4. The molecular weight excluding hydrogens is 416 g/mol. The number of nitro benzene ring substituents is 1. The Labute approximate surface area is 183 Å². The van der Waals surface area contributed by atoms with E-state index in [4.69, 9.17) is 4.42 Å². The normalized spacial score (nSPS) is 23.4. The number of oxazole rings is 1. The quantitative estimate of drug-likeness (QED) is 0.500. The minimum atomic E-state index is -0.583. The first kappa shape index (κ1) is 20.7. The second kappa shape index (κ2) is 8.07. The summed E-state index contributed by atoms with van der Waals surface area (Å²) in [6.07, 6.45) is 5.26. The van der Waals surface area contributed by atoms with Crippen LogP contribution in [0.15, 0.2) is 27.4 Å². The van der Waals surface area contributed by atoms with E-state index in [-0.39, 0.29) is 29.1 Å². The van der Waals surface area contributed by atoms with Crippen molar-refractivity contribution in [2.75, 3.05) is 13.1 Å². The van der Waals surface area contributed by atoms with Crippen molar-refractivity contribution in [1.29, 1.82) is 0 Å². The minimum absolute atomic E-state index is 0.0646. The summed E-state index contributed by atoms with van der Waals surface area (Å²) in [5.41, 5.74) is 0.521. The number of aromatic nitrogens is 1. The molecule has 0 radical (unpaired) electrons. The summed E-state index contributed by atoms with van der Waals surface area (Å²) in [6.45, 7) is 1.66. The average molecular weight is 442 g/mol. The maximum Gasteiger partial charge on any atom is 0.419 e. The molecule has 0 unspecified atom stereocenters. The smallest absolute Gasteiger partial charge is 0.407 e. The first-order valence-corrected chi connectivity index (χ1v) is 11.3. The molecule has 3 heterocycles. The van der Waals surface area contributed by atoms with Crippen LogP contribution in [0.3, 0.4) is 0 Å². The van der Waals surface area contributed by atoms with E-state index in [9.17, 15) is 24.5 Å². The van der Waals surface area contributed by atoms with E-state index in [2.05, 4.69) is 4.90 Å². The summed E-state index contributed by atoms with van der Waals surface area (Å²) < 4.78 is 6.56. The van der Waals surface area contributed by atoms with Crippen LogP contribution in [0, 0.1) is 16.0 Å². The van der Waals surface area contributed by atoms with Crippen LogP contribution in [0.1, 0.15) is 44.9 Å². The van der Waals surface area contributed by atoms with Crippen LogP contribution in [0.25, 0.3) is 11.1 Å². The molecule has 32 heavy (non-hydrogen) atoms. The van der Waals surface area contributed by atoms with Crippen molar-refractivity contribution in [3.63, 3.8) is 0 Å². The molecule has 2 saturated heterocycles. The third-order valence-electron chi connectivity index (χ3n) is 7.00. The molecule has 2 amide bonds. The molecule has 2 aromatic rings. The van der Waals surface area contributed by atoms with Gasteiger partial charge in [0, 0.05) is 50.6 Å². The fourth-order valence-corrected chi connectivity index (χ4v) is 5.27. The molecule has 1 aromatic heterocycles. The Kier molecular flexibility index (Phi) is 5.22. The van der Waals surface area contributed by atoms with Crippen molar-refractivity contribution in [1.82, 2.24) is 14.4 Å². The van der Waals surface area contributed by atoms with E-state index in [0.29, 0.717) is 56.4 Å². The Bertz CT molecular complexity index is 1130. The van der Waals surface area contributed by atoms with Gasteiger partial charge in [-0.2, -0.15) is 0 Å². The standard InChI is InChI=1S/C22H26N4O6/c27-20(23-11-9-17-14(13-23)3-8-21(28)25(17)15-4-5-15)2-1-10-24-18-7-6-16(26(30)31)12-19(18)32-22(24)29/h6-7,12,14-15,17H,1-5,8-11,13H2/t14-,17-/m1/s1. The summed E-state index contributed by atoms with van der Waals surface area (Å²) in [6, 6.07) is 4.77. The van der Waals surface area contributed by atoms with Crippen LogP contribution in [-0.4, -0.2) is 56.3 Å². The zero-order chi connectivity index (χ0) is 22.4. The lowest BCUT2D eigenvalue weighted by Gasteiger charge is -2.47. The van der Waals surface area contributed by atoms with Crippen LogP contribution >= 0.6 is 0 Å². The SMILES string of the molecule is O=C(CCCn1c(=O)oc2cc([N+](=O)[O-])ccc21)N1CC[C@@H]2[C@H](CCC(=O)N2C2CC2)C1. The minimum Gasteiger partial charge on any atom is -0.407 e. The molecule has 1 aromatic carbocycles. The van der Waals surface area contributed by atoms with Gasteiger partial charge in [0.2, 0.25) is 11.8 Å². The van der Waals surface area contributed by atoms with Gasteiger partial charge in [-0.05, 0) is 44.1 Å². The number of piperidine rings is 2. The van der Waals surface area contributed by atoms with Crippen molar-refractivity contribution in [2.24, 2.45) is 5.92 Å². The number of amides is 2. The van der Waals surface area contributed by atoms with E-state index in [1.165, 1.54) is 22.8 Å². The first-order chi connectivity index (χ1) is 15.4. The van der Waals surface area contributed by atoms with E-state index in [1.807, 2.05) is 4.90 Å². The van der Waals surface area contributed by atoms with Crippen LogP contribution in [-0.2, 0) is 16.1 Å². The average Bonchev–Trinajstić information content (AvgIpc) is 3.56. The Hall–Kier alpha value is -3.17. The van der Waals surface area contributed by atoms with Gasteiger partial charge in [-0.1, -0.05) is 0 Å². The van der Waals surface area contributed by atoms with Gasteiger partial charge in [-0.25, -0.2) is 4.79 Å². The molecular formula is C22H26N4O6. The maximum absolute atomic E-state index is 12.8. The van der Waals surface area contributed by atoms with Crippen molar-refractivity contribution in [3.8, 4) is 0 Å². The van der Waals surface area contributed by atoms with Crippen LogP contribution in [0.5, 0.6) is 0 Å². The van der Waals surface area contributed by atoms with E-state index in [1.54, 1.807) is 0 Å². The van der Waals surface area contributed by atoms with Gasteiger partial charge in [0.1, 0.15) is 0 Å². The van der Waals surface area contributed by atoms with Crippen LogP contribution in [0.2, 0.25) is 0 Å². The van der Waals surface area contributed by atoms with Crippen molar-refractivity contribution in [2.45, 2.75) is 63.6 Å². The summed E-state index contributed by atoms with van der Waals surface area (Å²) in [7, 11) is 0. The second-order valence-electron chi connectivity index (χ2n) is 9.06. The number of hydrogen-bond acceptors (Lipinski definition) is 6. The van der Waals surface area contributed by atoms with Crippen LogP contribution < -0.4 is 5.76 Å². The lowest BCUT2D eigenvalue weighted by atomic mass is 9.83. The van der Waals surface area contributed by atoms with Gasteiger partial charge in [0.25, 0.3) is 5.69 Å². The van der Waals surface area contributed by atoms with Crippen LogP contribution in [0.4, 0.5) is 5.69 Å². The Morgan fingerprint density at radius 1 is 1.19 bits per heavy atom. The fraction of sp³-hybridized carbons (Fsp3) is 0.591. The Morgan fingerprint density at radius 3 is 2.75 bits per heavy atom. The molecule has 10 nitrogen and oxygen atoms in total. The number of carbonyl (C=O) groups is 2. The molecule has 3 aliphatic rings. The second-order valence-corrected chi connectivity index (χ2v) is 9.06. The number of hydrogen-bond donors (Lipinski definition) is 0. The topological polar surface area (TPSA) is 119 Å². The summed E-state index contributed by atoms with van der Waals surface area (Å²) >= 11 is 0. The predicted molar refractivity (Wildman–Crippen MR) is 114 cm³/mol. The highest BCUT2D eigenvalue weighted by atomic mass is 16.6. The highest BCUT2D eigenvalue weighted by molar-refractivity contribution is 5.79. The maximum atomic E-state index is 12.8. The van der Waals surface area contributed by atoms with Crippen molar-refractivity contribution >= 4 is 28.6 Å². The molecule has 170 valence electrons. The van der Waals surface area contributed by atoms with Gasteiger partial charge in [-0.3, -0.25) is 24.3 Å². The number of non-ortho nitro benzene ring substituents is 1. The lowest BCUT2D eigenvalue weighted by molar-refractivity contribution is -0.384. The molecule has 3 fully saturated rings. The zero-order valence-electron chi connectivity index (χ0n) is 17.8. The first-order valence-electron chi connectivity index (χ1n) is 11.3. The van der Waals surface area contributed by atoms with Gasteiger partial charge in [-0.15, -0.1) is 0 Å². The van der Waals surface area contributed by atoms with Crippen molar-refractivity contribution in [3.05, 3.63) is 38.9 Å². The number of aryl methyl sites for hydroxylation is 1. The number of rotatable bonds is 6. The monoisotopic (exact) mass is 442 g/mol. The molecule has 2 atom stereocenters. The van der Waals surface area contributed by atoms with Gasteiger partial charge < -0.3 is 14.2 Å². The molecule has 0 bridgehead atoms. The van der Waals surface area contributed by atoms with E-state index >= 15 is 0 Å². The number of nitro groups is 1. The number of likely N-dealkylation sites (tertiary alicyclic amines) is 2. The molecule has 2 aliphatic heterocycles. The number of benzene rings is 1. The summed E-state index contributed by atoms with van der Waals surface area (Å²) in [4.78, 5) is 51.7. The number of carbonyl (C=O) groups excluding carboxylic acids is 2. The summed E-state index contributed by atoms with van der Waals surface area (Å²) in [5.74, 6) is 0.106. The van der Waals surface area contributed by atoms with Gasteiger partial charge in [0.05, 0.1) is 16.5 Å². The third kappa shape index (κ3) is 3.78. The fourth-order valence-electron chi connectivity index (χ4n) is 5.27. The molecule has 5 rings (SSSR count). The molecule has 1 aliphatic carbocycles. The Balaban J connectivity index is 1.18. The van der Waals surface area contributed by atoms with Crippen molar-refractivity contribution < 1.29 is 18.9 Å². The highest BCUT2D eigenvalue weighted by Gasteiger charge is 2.45. The number of fused-ring (bicyclic) bond motifs is 2. The summed E-state index contributed by atoms with van der Waals surface area (Å²) in [5, 5.41) is 10.9. The Morgan fingerprint density at radius 2 is 2.00 bits per heavy atom. The molecule has 0 N–H and O–H groups in total. The largest absolute Gasteiger partial charge is 0.419 e. The molecule has 0 spiro atoms. The van der Waals surface area contributed by atoms with E-state index in [0.717, 1.165) is 25.7 Å². The highest BCUT2D eigenvalue weighted by Crippen LogP contribution is 2.39. The van der Waals surface area contributed by atoms with Gasteiger partial charge in [0.15, 0.2) is 5.58 Å². The predicted octanol–water partition coefficient (Wildman–Crippen LogP) is 2.28. The molecule has 1 saturated carbocycles. The lowest BCUT2D eigenvalue weighted by Crippen LogP contribution is -2.57.